The van der Waals surface area contributed by atoms with Gasteiger partial charge in [0.05, 0.1) is 13.2 Å². The van der Waals surface area contributed by atoms with E-state index in [1.807, 2.05) is 6.07 Å². The van der Waals surface area contributed by atoms with E-state index in [9.17, 15) is 29.9 Å². The maximum Gasteiger partial charge on any atom is 0.123 e. The molecule has 1 aliphatic rings. The first-order chi connectivity index (χ1) is 12.9. The Morgan fingerprint density at radius 2 is 1.52 bits per heavy atom. The largest absolute Gasteiger partial charge is 0.394 e. The summed E-state index contributed by atoms with van der Waals surface area (Å²) in [6, 6.07) is 11.3. The van der Waals surface area contributed by atoms with Gasteiger partial charge in [-0.25, -0.2) is 4.39 Å². The number of halogens is 1. The van der Waals surface area contributed by atoms with Gasteiger partial charge in [-0.05, 0) is 40.8 Å². The average molecular weight is 378 g/mol. The minimum absolute atomic E-state index is 0.304. The van der Waals surface area contributed by atoms with Crippen molar-refractivity contribution in [3.05, 3.63) is 70.5 Å². The van der Waals surface area contributed by atoms with Gasteiger partial charge in [-0.1, -0.05) is 30.3 Å². The van der Waals surface area contributed by atoms with Crippen LogP contribution in [0.5, 0.6) is 0 Å². The van der Waals surface area contributed by atoms with Crippen molar-refractivity contribution in [3.63, 3.8) is 0 Å². The normalized spacial score (nSPS) is 28.3. The number of hydrogen-bond acceptors (Lipinski definition) is 6. The molecule has 0 unspecified atom stereocenters. The third kappa shape index (κ3) is 4.19. The standard InChI is InChI=1S/C20H23FO6/c21-14-5-2-11(3-6-14)7-12-1-4-13(9-22)15(8-12)20-19(26)18(25)17(24)16(10-23)27-20/h1-6,8,16-20,22-26H,7,9-10H2/t16-,17-,18+,19-,20+/m1/s1. The fraction of sp³-hybridized carbons (Fsp3) is 0.400. The van der Waals surface area contributed by atoms with Crippen LogP contribution in [0.1, 0.15) is 28.4 Å². The molecule has 1 saturated heterocycles. The van der Waals surface area contributed by atoms with Crippen LogP contribution in [-0.4, -0.2) is 56.6 Å². The third-order valence-corrected chi connectivity index (χ3v) is 4.90. The quantitative estimate of drug-likeness (QED) is 0.516. The van der Waals surface area contributed by atoms with Crippen molar-refractivity contribution < 1.29 is 34.7 Å². The molecule has 146 valence electrons. The molecule has 5 N–H and O–H groups in total. The van der Waals surface area contributed by atoms with Gasteiger partial charge in [0.1, 0.15) is 36.3 Å². The lowest BCUT2D eigenvalue weighted by molar-refractivity contribution is -0.232. The number of hydrogen-bond donors (Lipinski definition) is 5. The fourth-order valence-corrected chi connectivity index (χ4v) is 3.36. The first-order valence-corrected chi connectivity index (χ1v) is 8.72. The second-order valence-electron chi connectivity index (χ2n) is 6.74. The van der Waals surface area contributed by atoms with Crippen LogP contribution in [0.3, 0.4) is 0 Å². The van der Waals surface area contributed by atoms with Crippen molar-refractivity contribution >= 4 is 0 Å². The van der Waals surface area contributed by atoms with E-state index in [0.717, 1.165) is 11.1 Å². The molecule has 6 nitrogen and oxygen atoms in total. The molecule has 5 atom stereocenters. The molecule has 2 aromatic rings. The van der Waals surface area contributed by atoms with Gasteiger partial charge in [0.25, 0.3) is 0 Å². The maximum absolute atomic E-state index is 13.1. The smallest absolute Gasteiger partial charge is 0.123 e. The van der Waals surface area contributed by atoms with Crippen LogP contribution in [-0.2, 0) is 17.8 Å². The van der Waals surface area contributed by atoms with E-state index in [4.69, 9.17) is 4.74 Å². The molecule has 1 heterocycles. The second-order valence-corrected chi connectivity index (χ2v) is 6.74. The zero-order valence-electron chi connectivity index (χ0n) is 14.6. The summed E-state index contributed by atoms with van der Waals surface area (Å²) in [6.07, 6.45) is -5.91. The van der Waals surface area contributed by atoms with E-state index in [1.165, 1.54) is 12.1 Å². The minimum Gasteiger partial charge on any atom is -0.394 e. The Balaban J connectivity index is 1.92. The van der Waals surface area contributed by atoms with Crippen molar-refractivity contribution in [1.29, 1.82) is 0 Å². The first-order valence-electron chi connectivity index (χ1n) is 8.72. The first kappa shape index (κ1) is 19.9. The topological polar surface area (TPSA) is 110 Å². The SMILES string of the molecule is OCc1ccc(Cc2ccc(F)cc2)cc1[C@@H]1O[C@H](CO)[C@@H](O)[C@H](O)[C@H]1O. The molecule has 0 aromatic heterocycles. The zero-order valence-corrected chi connectivity index (χ0v) is 14.6. The van der Waals surface area contributed by atoms with Gasteiger partial charge in [-0.3, -0.25) is 0 Å². The third-order valence-electron chi connectivity index (χ3n) is 4.90. The van der Waals surface area contributed by atoms with Gasteiger partial charge in [0, 0.05) is 0 Å². The number of ether oxygens (including phenoxy) is 1. The average Bonchev–Trinajstić information content (AvgIpc) is 2.68. The van der Waals surface area contributed by atoms with Crippen LogP contribution in [0, 0.1) is 5.82 Å². The highest BCUT2D eigenvalue weighted by molar-refractivity contribution is 5.37. The van der Waals surface area contributed by atoms with E-state index in [0.29, 0.717) is 17.5 Å². The predicted octanol–water partition coefficient (Wildman–Crippen LogP) is 0.424. The molecule has 2 aromatic carbocycles. The lowest BCUT2D eigenvalue weighted by Gasteiger charge is -2.40. The van der Waals surface area contributed by atoms with Crippen LogP contribution in [0.25, 0.3) is 0 Å². The monoisotopic (exact) mass is 378 g/mol. The molecule has 3 rings (SSSR count). The van der Waals surface area contributed by atoms with Gasteiger partial charge in [0.2, 0.25) is 0 Å². The Hall–Kier alpha value is -1.87. The van der Waals surface area contributed by atoms with Crippen LogP contribution in [0.2, 0.25) is 0 Å². The Morgan fingerprint density at radius 3 is 2.15 bits per heavy atom. The van der Waals surface area contributed by atoms with Gasteiger partial charge in [-0.2, -0.15) is 0 Å². The lowest BCUT2D eigenvalue weighted by atomic mass is 9.88. The van der Waals surface area contributed by atoms with Crippen molar-refractivity contribution in [2.24, 2.45) is 0 Å². The van der Waals surface area contributed by atoms with Gasteiger partial charge in [0.15, 0.2) is 0 Å². The van der Waals surface area contributed by atoms with Crippen molar-refractivity contribution in [1.82, 2.24) is 0 Å². The van der Waals surface area contributed by atoms with Gasteiger partial charge >= 0.3 is 0 Å². The van der Waals surface area contributed by atoms with E-state index < -0.39 is 37.1 Å². The van der Waals surface area contributed by atoms with Crippen LogP contribution in [0.15, 0.2) is 42.5 Å². The molecular formula is C20H23FO6. The van der Waals surface area contributed by atoms with E-state index >= 15 is 0 Å². The molecule has 27 heavy (non-hydrogen) atoms. The number of rotatable bonds is 5. The van der Waals surface area contributed by atoms with E-state index in [-0.39, 0.29) is 12.4 Å². The molecule has 0 radical (unpaired) electrons. The van der Waals surface area contributed by atoms with Crippen LogP contribution >= 0.6 is 0 Å². The summed E-state index contributed by atoms with van der Waals surface area (Å²) in [6.45, 7) is -0.827. The Labute approximate surface area is 156 Å². The summed E-state index contributed by atoms with van der Waals surface area (Å²) in [5.41, 5.74) is 2.69. The summed E-state index contributed by atoms with van der Waals surface area (Å²) < 4.78 is 18.7. The Morgan fingerprint density at radius 1 is 0.852 bits per heavy atom. The van der Waals surface area contributed by atoms with Crippen molar-refractivity contribution in [3.8, 4) is 0 Å². The molecule has 0 saturated carbocycles. The molecular weight excluding hydrogens is 355 g/mol. The number of aliphatic hydroxyl groups is 5. The predicted molar refractivity (Wildman–Crippen MR) is 94.3 cm³/mol. The Bertz CT molecular complexity index is 764. The lowest BCUT2D eigenvalue weighted by Crippen LogP contribution is -2.55. The number of benzene rings is 2. The highest BCUT2D eigenvalue weighted by atomic mass is 19.1. The molecule has 1 fully saturated rings. The summed E-state index contributed by atoms with van der Waals surface area (Å²) >= 11 is 0. The number of aliphatic hydroxyl groups excluding tert-OH is 5. The summed E-state index contributed by atoms with van der Waals surface area (Å²) in [4.78, 5) is 0. The van der Waals surface area contributed by atoms with Crippen LogP contribution in [0.4, 0.5) is 4.39 Å². The fourth-order valence-electron chi connectivity index (χ4n) is 3.36. The molecule has 0 spiro atoms. The van der Waals surface area contributed by atoms with Gasteiger partial charge < -0.3 is 30.3 Å². The molecule has 1 aliphatic heterocycles. The van der Waals surface area contributed by atoms with E-state index in [1.54, 1.807) is 24.3 Å². The molecule has 7 heteroatoms. The highest BCUT2D eigenvalue weighted by Crippen LogP contribution is 2.35. The summed E-state index contributed by atoms with van der Waals surface area (Å²) in [7, 11) is 0. The molecule has 0 amide bonds. The Kier molecular flexibility index (Phi) is 6.21. The van der Waals surface area contributed by atoms with Crippen molar-refractivity contribution in [2.75, 3.05) is 6.61 Å². The molecule has 0 aliphatic carbocycles. The highest BCUT2D eigenvalue weighted by Gasteiger charge is 2.44. The maximum atomic E-state index is 13.1. The second kappa shape index (κ2) is 8.43. The van der Waals surface area contributed by atoms with E-state index in [2.05, 4.69) is 0 Å². The molecule has 0 bridgehead atoms. The summed E-state index contributed by atoms with van der Waals surface area (Å²) in [5, 5.41) is 49.4. The van der Waals surface area contributed by atoms with Crippen LogP contribution < -0.4 is 0 Å². The minimum atomic E-state index is -1.49. The van der Waals surface area contributed by atoms with Crippen molar-refractivity contribution in [2.45, 2.75) is 43.5 Å². The summed E-state index contributed by atoms with van der Waals surface area (Å²) in [5.74, 6) is -0.323. The van der Waals surface area contributed by atoms with Gasteiger partial charge in [-0.15, -0.1) is 0 Å². The zero-order chi connectivity index (χ0) is 19.6.